The highest BCUT2D eigenvalue weighted by atomic mass is 32.1. The first-order chi connectivity index (χ1) is 15.8. The fraction of sp³-hybridized carbons (Fsp3) is 0.407. The van der Waals surface area contributed by atoms with Gasteiger partial charge in [-0.25, -0.2) is 0 Å². The molecule has 4 rings (SSSR count). The molecule has 2 aromatic heterocycles. The lowest BCUT2D eigenvalue weighted by atomic mass is 9.96. The van der Waals surface area contributed by atoms with Gasteiger partial charge in [-0.2, -0.15) is 0 Å². The Morgan fingerprint density at radius 2 is 1.79 bits per heavy atom. The van der Waals surface area contributed by atoms with Crippen molar-refractivity contribution in [3.63, 3.8) is 0 Å². The van der Waals surface area contributed by atoms with E-state index in [9.17, 15) is 0 Å². The molecule has 174 valence electrons. The smallest absolute Gasteiger partial charge is 0.170 e. The molecule has 1 N–H and O–H groups in total. The number of thiocarbonyl (C=S) groups is 1. The van der Waals surface area contributed by atoms with Crippen molar-refractivity contribution >= 4 is 17.3 Å². The van der Waals surface area contributed by atoms with Gasteiger partial charge in [0.1, 0.15) is 0 Å². The first-order valence-electron chi connectivity index (χ1n) is 11.6. The van der Waals surface area contributed by atoms with Crippen LogP contribution >= 0.6 is 12.2 Å². The summed E-state index contributed by atoms with van der Waals surface area (Å²) in [7, 11) is 1.74. The number of aryl methyl sites for hydroxylation is 4. The van der Waals surface area contributed by atoms with Crippen LogP contribution in [0, 0.1) is 34.6 Å². The molecule has 0 amide bonds. The predicted molar refractivity (Wildman–Crippen MR) is 138 cm³/mol. The molecule has 0 aliphatic carbocycles. The average Bonchev–Trinajstić information content (AvgIpc) is 3.25. The van der Waals surface area contributed by atoms with Gasteiger partial charge >= 0.3 is 0 Å². The maximum atomic E-state index is 5.82. The van der Waals surface area contributed by atoms with Gasteiger partial charge in [0.05, 0.1) is 23.5 Å². The maximum absolute atomic E-state index is 5.82. The number of ether oxygens (including phenoxy) is 1. The van der Waals surface area contributed by atoms with Crippen LogP contribution in [0.5, 0.6) is 0 Å². The highest BCUT2D eigenvalue weighted by Crippen LogP contribution is 2.42. The molecular formula is C27H34N4OS. The van der Waals surface area contributed by atoms with Gasteiger partial charge in [-0.05, 0) is 88.1 Å². The zero-order valence-corrected chi connectivity index (χ0v) is 21.3. The van der Waals surface area contributed by atoms with Crippen LogP contribution in [0.1, 0.15) is 57.8 Å². The second kappa shape index (κ2) is 9.65. The van der Waals surface area contributed by atoms with Crippen molar-refractivity contribution in [3.05, 3.63) is 81.9 Å². The van der Waals surface area contributed by atoms with Crippen molar-refractivity contribution in [3.8, 4) is 5.69 Å². The monoisotopic (exact) mass is 462 g/mol. The van der Waals surface area contributed by atoms with Gasteiger partial charge in [-0.3, -0.25) is 4.98 Å². The summed E-state index contributed by atoms with van der Waals surface area (Å²) in [4.78, 5) is 6.99. The summed E-state index contributed by atoms with van der Waals surface area (Å²) < 4.78 is 7.73. The van der Waals surface area contributed by atoms with Crippen molar-refractivity contribution < 1.29 is 4.74 Å². The minimum atomic E-state index is -0.00425. The molecule has 0 bridgehead atoms. The van der Waals surface area contributed by atoms with Gasteiger partial charge in [0.2, 0.25) is 0 Å². The molecule has 5 nitrogen and oxygen atoms in total. The quantitative estimate of drug-likeness (QED) is 0.375. The van der Waals surface area contributed by atoms with E-state index in [1.54, 1.807) is 7.11 Å². The summed E-state index contributed by atoms with van der Waals surface area (Å²) in [6.07, 6.45) is 2.77. The van der Waals surface area contributed by atoms with Crippen molar-refractivity contribution in [2.24, 2.45) is 0 Å². The molecule has 1 fully saturated rings. The lowest BCUT2D eigenvalue weighted by molar-refractivity contribution is 0.180. The second-order valence-corrected chi connectivity index (χ2v) is 9.46. The Bertz CT molecular complexity index is 1130. The third kappa shape index (κ3) is 4.42. The molecule has 2 atom stereocenters. The first kappa shape index (κ1) is 23.5. The zero-order chi connectivity index (χ0) is 23.7. The van der Waals surface area contributed by atoms with Gasteiger partial charge in [-0.1, -0.05) is 23.8 Å². The molecule has 1 aliphatic rings. The molecule has 0 radical (unpaired) electrons. The number of aromatic nitrogens is 2. The summed E-state index contributed by atoms with van der Waals surface area (Å²) in [6.45, 7) is 12.5. The summed E-state index contributed by atoms with van der Waals surface area (Å²) in [5, 5.41) is 4.34. The highest BCUT2D eigenvalue weighted by molar-refractivity contribution is 7.80. The zero-order valence-electron chi connectivity index (χ0n) is 20.5. The van der Waals surface area contributed by atoms with Crippen LogP contribution in [-0.4, -0.2) is 39.8 Å². The number of nitrogens with zero attached hydrogens (tertiary/aromatic N) is 3. The van der Waals surface area contributed by atoms with Crippen LogP contribution in [0.3, 0.4) is 0 Å². The molecule has 6 heteroatoms. The highest BCUT2D eigenvalue weighted by Gasteiger charge is 2.41. The van der Waals surface area contributed by atoms with E-state index in [1.807, 2.05) is 18.3 Å². The van der Waals surface area contributed by atoms with Crippen LogP contribution in [0.4, 0.5) is 0 Å². The molecule has 0 spiro atoms. The van der Waals surface area contributed by atoms with E-state index in [0.29, 0.717) is 6.61 Å². The molecule has 1 aliphatic heterocycles. The summed E-state index contributed by atoms with van der Waals surface area (Å²) in [5.41, 5.74) is 9.91. The lowest BCUT2D eigenvalue weighted by Crippen LogP contribution is -2.31. The molecular weight excluding hydrogens is 428 g/mol. The fourth-order valence-electron chi connectivity index (χ4n) is 5.32. The third-order valence-corrected chi connectivity index (χ3v) is 6.95. The Balaban J connectivity index is 1.83. The number of pyridine rings is 1. The fourth-order valence-corrected chi connectivity index (χ4v) is 5.65. The number of benzene rings is 1. The van der Waals surface area contributed by atoms with Crippen LogP contribution < -0.4 is 5.32 Å². The topological polar surface area (TPSA) is 42.3 Å². The number of hydrogen-bond donors (Lipinski definition) is 1. The van der Waals surface area contributed by atoms with E-state index >= 15 is 0 Å². The van der Waals surface area contributed by atoms with Crippen LogP contribution in [0.25, 0.3) is 5.69 Å². The Labute approximate surface area is 202 Å². The molecule has 0 unspecified atom stereocenters. The van der Waals surface area contributed by atoms with E-state index in [1.165, 1.54) is 39.3 Å². The van der Waals surface area contributed by atoms with Crippen molar-refractivity contribution in [1.29, 1.82) is 0 Å². The van der Waals surface area contributed by atoms with E-state index < -0.39 is 0 Å². The lowest BCUT2D eigenvalue weighted by Gasteiger charge is -2.28. The summed E-state index contributed by atoms with van der Waals surface area (Å²) >= 11 is 5.82. The normalized spacial score (nSPS) is 18.1. The SMILES string of the molecule is COCCCN1C(=S)N[C@H](c2ccccn2)[C@H]1c1cc(C)n(-c2c(C)cc(C)cc2C)c1C. The second-order valence-electron chi connectivity index (χ2n) is 9.08. The van der Waals surface area contributed by atoms with Gasteiger partial charge in [0, 0.05) is 37.8 Å². The van der Waals surface area contributed by atoms with E-state index in [4.69, 9.17) is 17.0 Å². The number of methoxy groups -OCH3 is 1. The number of rotatable bonds is 7. The van der Waals surface area contributed by atoms with Crippen molar-refractivity contribution in [2.75, 3.05) is 20.3 Å². The van der Waals surface area contributed by atoms with Gasteiger partial charge in [0.25, 0.3) is 0 Å². The number of nitrogens with one attached hydrogen (secondary N) is 1. The molecule has 3 aromatic rings. The summed E-state index contributed by atoms with van der Waals surface area (Å²) in [5.74, 6) is 0. The predicted octanol–water partition coefficient (Wildman–Crippen LogP) is 5.42. The van der Waals surface area contributed by atoms with E-state index in [-0.39, 0.29) is 12.1 Å². The molecule has 1 saturated heterocycles. The Morgan fingerprint density at radius 1 is 1.06 bits per heavy atom. The molecule has 3 heterocycles. The Hall–Kier alpha value is -2.70. The van der Waals surface area contributed by atoms with Crippen LogP contribution in [-0.2, 0) is 4.74 Å². The molecule has 33 heavy (non-hydrogen) atoms. The first-order valence-corrected chi connectivity index (χ1v) is 12.0. The van der Waals surface area contributed by atoms with Gasteiger partial charge < -0.3 is 19.5 Å². The van der Waals surface area contributed by atoms with E-state index in [2.05, 4.69) is 78.7 Å². The largest absolute Gasteiger partial charge is 0.385 e. The Kier molecular flexibility index (Phi) is 6.86. The van der Waals surface area contributed by atoms with Crippen LogP contribution in [0.2, 0.25) is 0 Å². The third-order valence-electron chi connectivity index (χ3n) is 6.59. The summed E-state index contributed by atoms with van der Waals surface area (Å²) in [6, 6.07) is 13.0. The number of hydrogen-bond acceptors (Lipinski definition) is 3. The van der Waals surface area contributed by atoms with Crippen molar-refractivity contribution in [1.82, 2.24) is 19.8 Å². The minimum Gasteiger partial charge on any atom is -0.385 e. The standard InChI is InChI=1S/C27H34N4OS/c1-17-14-18(2)25(19(3)15-17)31-20(4)16-22(21(31)5)26-24(23-10-7-8-11-28-23)29-27(33)30(26)12-9-13-32-6/h7-8,10-11,14-16,24,26H,9,12-13H2,1-6H3,(H,29,33)/t24-,26-/m1/s1. The minimum absolute atomic E-state index is 0.00425. The van der Waals surface area contributed by atoms with Crippen molar-refractivity contribution in [2.45, 2.75) is 53.1 Å². The van der Waals surface area contributed by atoms with Crippen LogP contribution in [0.15, 0.2) is 42.6 Å². The van der Waals surface area contributed by atoms with E-state index in [0.717, 1.165) is 23.8 Å². The molecule has 0 saturated carbocycles. The maximum Gasteiger partial charge on any atom is 0.170 e. The van der Waals surface area contributed by atoms with Gasteiger partial charge in [0.15, 0.2) is 5.11 Å². The Morgan fingerprint density at radius 3 is 2.42 bits per heavy atom. The molecule has 1 aromatic carbocycles. The van der Waals surface area contributed by atoms with Gasteiger partial charge in [-0.15, -0.1) is 0 Å². The average molecular weight is 463 g/mol.